The Balaban J connectivity index is 1.84. The molecule has 1 heterocycles. The second-order valence-electron chi connectivity index (χ2n) is 3.79. The van der Waals surface area contributed by atoms with Crippen LogP contribution in [0.4, 0.5) is 5.69 Å². The highest BCUT2D eigenvalue weighted by atomic mass is 79.9. The largest absolute Gasteiger partial charge is 0.308 e. The lowest BCUT2D eigenvalue weighted by Crippen LogP contribution is -2.19. The van der Waals surface area contributed by atoms with E-state index in [2.05, 4.69) is 49.1 Å². The molecule has 0 amide bonds. The number of hydrogen-bond donors (Lipinski definition) is 3. The molecule has 0 aliphatic rings. The molecule has 0 saturated heterocycles. The summed E-state index contributed by atoms with van der Waals surface area (Å²) in [4.78, 5) is 11.3. The molecule has 0 aliphatic carbocycles. The first-order chi connectivity index (χ1) is 9.27. The molecule has 0 bridgehead atoms. The van der Waals surface area contributed by atoms with Gasteiger partial charge in [-0.05, 0) is 27.9 Å². The number of hydrazine groups is 1. The molecule has 2 rings (SSSR count). The fourth-order valence-corrected chi connectivity index (χ4v) is 1.75. The maximum Gasteiger partial charge on any atom is 0.280 e. The molecule has 0 saturated carbocycles. The summed E-state index contributed by atoms with van der Waals surface area (Å²) in [6.45, 7) is 0. The molecule has 5 nitrogen and oxygen atoms in total. The monoisotopic (exact) mass is 320 g/mol. The van der Waals surface area contributed by atoms with Gasteiger partial charge in [0.25, 0.3) is 5.56 Å². The molecular formula is C13H13BrN4O. The van der Waals surface area contributed by atoms with Gasteiger partial charge in [-0.1, -0.05) is 36.4 Å². The van der Waals surface area contributed by atoms with Crippen molar-refractivity contribution in [3.05, 3.63) is 69.2 Å². The first-order valence-corrected chi connectivity index (χ1v) is 6.50. The standard InChI is InChI=1S/C13H13BrN4O/c14-12-11(9-16-18-13(12)19)17-15-8-4-7-10-5-2-1-3-6-10/h1-6,8-9,15H,7H2,(H2,17,18,19). The van der Waals surface area contributed by atoms with Crippen LogP contribution in [0.3, 0.4) is 0 Å². The summed E-state index contributed by atoms with van der Waals surface area (Å²) >= 11 is 3.18. The Kier molecular flexibility index (Phi) is 4.74. The molecule has 0 radical (unpaired) electrons. The number of hydrogen-bond acceptors (Lipinski definition) is 4. The average molecular weight is 321 g/mol. The van der Waals surface area contributed by atoms with Crippen molar-refractivity contribution in [1.29, 1.82) is 0 Å². The van der Waals surface area contributed by atoms with Crippen molar-refractivity contribution in [2.75, 3.05) is 5.43 Å². The number of aromatic amines is 1. The van der Waals surface area contributed by atoms with E-state index in [9.17, 15) is 4.79 Å². The maximum absolute atomic E-state index is 11.3. The Morgan fingerprint density at radius 3 is 2.89 bits per heavy atom. The lowest BCUT2D eigenvalue weighted by molar-refractivity contribution is 0.956. The number of nitrogens with zero attached hydrogens (tertiary/aromatic N) is 1. The third-order valence-electron chi connectivity index (χ3n) is 2.40. The van der Waals surface area contributed by atoms with E-state index >= 15 is 0 Å². The van der Waals surface area contributed by atoms with Gasteiger partial charge in [-0.2, -0.15) is 5.10 Å². The molecule has 1 aromatic carbocycles. The number of H-pyrrole nitrogens is 1. The van der Waals surface area contributed by atoms with Crippen LogP contribution in [-0.2, 0) is 6.42 Å². The van der Waals surface area contributed by atoms with Crippen molar-refractivity contribution in [2.45, 2.75) is 6.42 Å². The predicted octanol–water partition coefficient (Wildman–Crippen LogP) is 2.21. The van der Waals surface area contributed by atoms with Gasteiger partial charge in [0.05, 0.1) is 11.9 Å². The summed E-state index contributed by atoms with van der Waals surface area (Å²) in [5.74, 6) is 0. The van der Waals surface area contributed by atoms with Gasteiger partial charge in [-0.25, -0.2) is 5.10 Å². The number of allylic oxidation sites excluding steroid dienone is 1. The highest BCUT2D eigenvalue weighted by Gasteiger charge is 2.01. The van der Waals surface area contributed by atoms with Gasteiger partial charge in [0.2, 0.25) is 0 Å². The van der Waals surface area contributed by atoms with Crippen LogP contribution < -0.4 is 16.4 Å². The van der Waals surface area contributed by atoms with Crippen LogP contribution in [0.1, 0.15) is 5.56 Å². The van der Waals surface area contributed by atoms with Gasteiger partial charge in [0.15, 0.2) is 0 Å². The van der Waals surface area contributed by atoms with Gasteiger partial charge >= 0.3 is 0 Å². The van der Waals surface area contributed by atoms with Gasteiger partial charge in [0, 0.05) is 6.20 Å². The summed E-state index contributed by atoms with van der Waals surface area (Å²) < 4.78 is 0.409. The highest BCUT2D eigenvalue weighted by Crippen LogP contribution is 2.13. The average Bonchev–Trinajstić information content (AvgIpc) is 2.44. The van der Waals surface area contributed by atoms with Crippen LogP contribution in [0, 0.1) is 0 Å². The van der Waals surface area contributed by atoms with Gasteiger partial charge in [0.1, 0.15) is 4.47 Å². The highest BCUT2D eigenvalue weighted by molar-refractivity contribution is 9.10. The number of nitrogens with one attached hydrogen (secondary N) is 3. The molecule has 0 spiro atoms. The number of aromatic nitrogens is 2. The number of halogens is 1. The summed E-state index contributed by atoms with van der Waals surface area (Å²) in [5, 5.41) is 6.02. The Morgan fingerprint density at radius 2 is 2.11 bits per heavy atom. The van der Waals surface area contributed by atoms with E-state index in [1.807, 2.05) is 24.3 Å². The van der Waals surface area contributed by atoms with Gasteiger partial charge in [-0.3, -0.25) is 10.2 Å². The molecule has 3 N–H and O–H groups in total. The zero-order chi connectivity index (χ0) is 13.5. The molecule has 2 aromatic rings. The van der Waals surface area contributed by atoms with Crippen LogP contribution >= 0.6 is 15.9 Å². The van der Waals surface area contributed by atoms with Crippen LogP contribution in [0.25, 0.3) is 0 Å². The molecule has 19 heavy (non-hydrogen) atoms. The van der Waals surface area contributed by atoms with Crippen molar-refractivity contribution >= 4 is 21.6 Å². The molecule has 6 heteroatoms. The minimum atomic E-state index is -0.278. The van der Waals surface area contributed by atoms with Crippen molar-refractivity contribution in [2.24, 2.45) is 0 Å². The quantitative estimate of drug-likeness (QED) is 0.739. The fraction of sp³-hybridized carbons (Fsp3) is 0.0769. The number of anilines is 1. The zero-order valence-corrected chi connectivity index (χ0v) is 11.6. The fourth-order valence-electron chi connectivity index (χ4n) is 1.46. The SMILES string of the molecule is O=c1[nH]ncc(NNC=CCc2ccccc2)c1Br. The van der Waals surface area contributed by atoms with E-state index in [1.54, 1.807) is 6.20 Å². The first-order valence-electron chi connectivity index (χ1n) is 5.71. The summed E-state index contributed by atoms with van der Waals surface area (Å²) in [7, 11) is 0. The Bertz CT molecular complexity index is 610. The Morgan fingerprint density at radius 1 is 1.32 bits per heavy atom. The molecule has 0 fully saturated rings. The smallest absolute Gasteiger partial charge is 0.280 e. The van der Waals surface area contributed by atoms with Crippen molar-refractivity contribution < 1.29 is 0 Å². The van der Waals surface area contributed by atoms with Gasteiger partial charge in [-0.15, -0.1) is 0 Å². The minimum Gasteiger partial charge on any atom is -0.308 e. The second-order valence-corrected chi connectivity index (χ2v) is 4.58. The second kappa shape index (κ2) is 6.75. The Labute approximate surface area is 118 Å². The van der Waals surface area contributed by atoms with Crippen molar-refractivity contribution in [3.63, 3.8) is 0 Å². The summed E-state index contributed by atoms with van der Waals surface area (Å²) in [5.41, 5.74) is 7.30. The van der Waals surface area contributed by atoms with Crippen molar-refractivity contribution in [1.82, 2.24) is 15.6 Å². The van der Waals surface area contributed by atoms with E-state index in [1.165, 1.54) is 11.8 Å². The summed E-state index contributed by atoms with van der Waals surface area (Å²) in [6, 6.07) is 10.1. The maximum atomic E-state index is 11.3. The van der Waals surface area contributed by atoms with E-state index in [-0.39, 0.29) is 5.56 Å². The molecule has 0 unspecified atom stereocenters. The van der Waals surface area contributed by atoms with Crippen LogP contribution in [0.2, 0.25) is 0 Å². The lowest BCUT2D eigenvalue weighted by atomic mass is 10.1. The predicted molar refractivity (Wildman–Crippen MR) is 78.6 cm³/mol. The molecule has 0 atom stereocenters. The van der Waals surface area contributed by atoms with Crippen molar-refractivity contribution in [3.8, 4) is 0 Å². The lowest BCUT2D eigenvalue weighted by Gasteiger charge is -2.05. The third-order valence-corrected chi connectivity index (χ3v) is 3.19. The normalized spacial score (nSPS) is 10.6. The number of rotatable bonds is 5. The van der Waals surface area contributed by atoms with E-state index < -0.39 is 0 Å². The molecule has 98 valence electrons. The van der Waals surface area contributed by atoms with Crippen LogP contribution in [-0.4, -0.2) is 10.2 Å². The molecule has 0 aliphatic heterocycles. The molecular weight excluding hydrogens is 308 g/mol. The van der Waals surface area contributed by atoms with Gasteiger partial charge < -0.3 is 5.43 Å². The van der Waals surface area contributed by atoms with E-state index in [0.717, 1.165) is 6.42 Å². The third kappa shape index (κ3) is 3.96. The van der Waals surface area contributed by atoms with E-state index in [4.69, 9.17) is 0 Å². The zero-order valence-electron chi connectivity index (χ0n) is 10.1. The topological polar surface area (TPSA) is 69.8 Å². The minimum absolute atomic E-state index is 0.278. The molecule has 1 aromatic heterocycles. The van der Waals surface area contributed by atoms with Crippen LogP contribution in [0.5, 0.6) is 0 Å². The summed E-state index contributed by atoms with van der Waals surface area (Å²) in [6.07, 6.45) is 6.12. The number of benzene rings is 1. The first kappa shape index (κ1) is 13.4. The van der Waals surface area contributed by atoms with E-state index in [0.29, 0.717) is 10.2 Å². The Hall–Kier alpha value is -2.08. The van der Waals surface area contributed by atoms with Crippen LogP contribution in [0.15, 0.2) is 58.1 Å².